The summed E-state index contributed by atoms with van der Waals surface area (Å²) < 4.78 is 4.22. The fraction of sp³-hybridized carbons (Fsp3) is 0.250. The summed E-state index contributed by atoms with van der Waals surface area (Å²) in [5, 5.41) is 9.75. The summed E-state index contributed by atoms with van der Waals surface area (Å²) in [6.07, 6.45) is 0.885. The summed E-state index contributed by atoms with van der Waals surface area (Å²) in [5.74, 6) is 0. The third-order valence-corrected chi connectivity index (χ3v) is 0.570. The average molecular weight is 131 g/mol. The van der Waals surface area contributed by atoms with E-state index in [1.165, 1.54) is 7.11 Å². The first-order valence-electron chi connectivity index (χ1n) is 2.05. The second-order valence-corrected chi connectivity index (χ2v) is 1.15. The van der Waals surface area contributed by atoms with Crippen LogP contribution in [0, 0.1) is 10.1 Å². The Bertz CT molecular complexity index is 151. The van der Waals surface area contributed by atoms with Gasteiger partial charge in [0.05, 0.1) is 12.0 Å². The van der Waals surface area contributed by atoms with Gasteiger partial charge in [0.2, 0.25) is 6.29 Å². The van der Waals surface area contributed by atoms with E-state index in [-0.39, 0.29) is 6.29 Å². The van der Waals surface area contributed by atoms with E-state index in [9.17, 15) is 14.9 Å². The van der Waals surface area contributed by atoms with Gasteiger partial charge in [-0.05, 0) is 0 Å². The van der Waals surface area contributed by atoms with Crippen LogP contribution >= 0.6 is 0 Å². The van der Waals surface area contributed by atoms with Crippen LogP contribution in [0.1, 0.15) is 0 Å². The Morgan fingerprint density at radius 1 is 1.78 bits per heavy atom. The smallest absolute Gasteiger partial charge is 0.342 e. The van der Waals surface area contributed by atoms with Crippen LogP contribution in [0.4, 0.5) is 0 Å². The Morgan fingerprint density at radius 3 is 2.44 bits per heavy atom. The number of rotatable bonds is 3. The molecule has 0 aromatic rings. The van der Waals surface area contributed by atoms with Gasteiger partial charge in [0.25, 0.3) is 0 Å². The van der Waals surface area contributed by atoms with Crippen LogP contribution in [-0.4, -0.2) is 18.3 Å². The lowest BCUT2D eigenvalue weighted by molar-refractivity contribution is -0.418. The summed E-state index contributed by atoms with van der Waals surface area (Å²) in [6, 6.07) is 0. The van der Waals surface area contributed by atoms with E-state index in [2.05, 4.69) is 4.74 Å². The number of methoxy groups -OCH3 is 1. The van der Waals surface area contributed by atoms with Crippen molar-refractivity contribution in [2.45, 2.75) is 0 Å². The van der Waals surface area contributed by atoms with Crippen molar-refractivity contribution in [1.29, 1.82) is 0 Å². The predicted octanol–water partition coefficient (Wildman–Crippen LogP) is -0.0502. The zero-order valence-corrected chi connectivity index (χ0v) is 4.73. The molecule has 0 amide bonds. The minimum absolute atomic E-state index is 0.115. The highest BCUT2D eigenvalue weighted by molar-refractivity contribution is 5.68. The fourth-order valence-corrected chi connectivity index (χ4v) is 0.235. The number of allylic oxidation sites excluding steroid dienone is 1. The molecule has 0 unspecified atom stereocenters. The molecule has 5 nitrogen and oxygen atoms in total. The highest BCUT2D eigenvalue weighted by Crippen LogP contribution is 1.88. The standard InChI is InChI=1S/C4H5NO4/c1-9-3-4(2-6)5(7)8/h2-3H,1H3. The first kappa shape index (κ1) is 7.61. The highest BCUT2D eigenvalue weighted by atomic mass is 16.6. The molecule has 0 fully saturated rings. The molecule has 0 aromatic heterocycles. The van der Waals surface area contributed by atoms with E-state index in [4.69, 9.17) is 0 Å². The highest BCUT2D eigenvalue weighted by Gasteiger charge is 2.06. The third kappa shape index (κ3) is 2.43. The molecule has 0 aromatic carbocycles. The van der Waals surface area contributed by atoms with Gasteiger partial charge in [-0.15, -0.1) is 0 Å². The topological polar surface area (TPSA) is 69.4 Å². The van der Waals surface area contributed by atoms with Crippen molar-refractivity contribution in [3.63, 3.8) is 0 Å². The largest absolute Gasteiger partial charge is 0.497 e. The molecule has 0 rings (SSSR count). The van der Waals surface area contributed by atoms with Gasteiger partial charge in [0.15, 0.2) is 6.26 Å². The third-order valence-electron chi connectivity index (χ3n) is 0.570. The van der Waals surface area contributed by atoms with Crippen molar-refractivity contribution >= 4 is 6.29 Å². The van der Waals surface area contributed by atoms with Crippen molar-refractivity contribution < 1.29 is 14.5 Å². The molecular weight excluding hydrogens is 126 g/mol. The Morgan fingerprint density at radius 2 is 2.33 bits per heavy atom. The van der Waals surface area contributed by atoms with Gasteiger partial charge >= 0.3 is 5.70 Å². The van der Waals surface area contributed by atoms with Gasteiger partial charge in [-0.3, -0.25) is 14.9 Å². The average Bonchev–Trinajstić information content (AvgIpc) is 1.82. The molecule has 0 aliphatic carbocycles. The molecule has 0 aliphatic heterocycles. The van der Waals surface area contributed by atoms with Crippen molar-refractivity contribution in [1.82, 2.24) is 0 Å². The molecular formula is C4H5NO4. The Kier molecular flexibility index (Phi) is 3.04. The number of carbonyl (C=O) groups is 1. The lowest BCUT2D eigenvalue weighted by Gasteiger charge is -1.85. The Hall–Kier alpha value is -1.39. The van der Waals surface area contributed by atoms with Crippen molar-refractivity contribution in [3.8, 4) is 0 Å². The first-order valence-corrected chi connectivity index (χ1v) is 2.05. The molecule has 0 saturated heterocycles. The van der Waals surface area contributed by atoms with Gasteiger partial charge in [0.1, 0.15) is 0 Å². The number of aldehydes is 1. The number of carbonyl (C=O) groups excluding carboxylic acids is 1. The van der Waals surface area contributed by atoms with Gasteiger partial charge in [-0.2, -0.15) is 0 Å². The molecule has 0 atom stereocenters. The van der Waals surface area contributed by atoms with E-state index in [1.54, 1.807) is 0 Å². The normalized spacial score (nSPS) is 10.6. The van der Waals surface area contributed by atoms with E-state index in [0.29, 0.717) is 0 Å². The summed E-state index contributed by atoms with van der Waals surface area (Å²) in [7, 11) is 1.23. The minimum atomic E-state index is -0.823. The molecule has 0 N–H and O–H groups in total. The second kappa shape index (κ2) is 3.59. The van der Waals surface area contributed by atoms with Crippen LogP contribution in [0.5, 0.6) is 0 Å². The van der Waals surface area contributed by atoms with Crippen LogP contribution in [0.3, 0.4) is 0 Å². The number of nitro groups is 1. The number of hydrogen-bond acceptors (Lipinski definition) is 4. The van der Waals surface area contributed by atoms with Crippen LogP contribution < -0.4 is 0 Å². The van der Waals surface area contributed by atoms with Crippen molar-refractivity contribution in [3.05, 3.63) is 22.1 Å². The maximum atomic E-state index is 9.75. The van der Waals surface area contributed by atoms with Crippen LogP contribution in [0.25, 0.3) is 0 Å². The number of hydrogen-bond donors (Lipinski definition) is 0. The van der Waals surface area contributed by atoms with E-state index < -0.39 is 10.6 Å². The molecule has 0 saturated carbocycles. The van der Waals surface area contributed by atoms with E-state index in [0.717, 1.165) is 6.26 Å². The van der Waals surface area contributed by atoms with Crippen molar-refractivity contribution in [2.75, 3.05) is 7.11 Å². The summed E-state index contributed by atoms with van der Waals surface area (Å²) >= 11 is 0. The van der Waals surface area contributed by atoms with E-state index in [1.807, 2.05) is 0 Å². The molecule has 0 heterocycles. The van der Waals surface area contributed by atoms with Gasteiger partial charge in [0, 0.05) is 0 Å². The first-order chi connectivity index (χ1) is 4.22. The maximum Gasteiger partial charge on any atom is 0.342 e. The predicted molar refractivity (Wildman–Crippen MR) is 28.2 cm³/mol. The molecule has 0 aliphatic rings. The summed E-state index contributed by atoms with van der Waals surface area (Å²) in [4.78, 5) is 18.7. The molecule has 50 valence electrons. The van der Waals surface area contributed by atoms with Crippen LogP contribution in [-0.2, 0) is 9.53 Å². The molecule has 0 radical (unpaired) electrons. The lowest BCUT2D eigenvalue weighted by atomic mass is 10.6. The second-order valence-electron chi connectivity index (χ2n) is 1.15. The summed E-state index contributed by atoms with van der Waals surface area (Å²) in [5.41, 5.74) is -0.586. The monoisotopic (exact) mass is 131 g/mol. The number of nitrogens with zero attached hydrogens (tertiary/aromatic N) is 1. The van der Waals surface area contributed by atoms with E-state index >= 15 is 0 Å². The zero-order chi connectivity index (χ0) is 7.28. The molecule has 5 heteroatoms. The molecule has 9 heavy (non-hydrogen) atoms. The van der Waals surface area contributed by atoms with Gasteiger partial charge < -0.3 is 4.74 Å². The van der Waals surface area contributed by atoms with Crippen LogP contribution in [0.15, 0.2) is 12.0 Å². The van der Waals surface area contributed by atoms with Crippen molar-refractivity contribution in [2.24, 2.45) is 0 Å². The van der Waals surface area contributed by atoms with Crippen LogP contribution in [0.2, 0.25) is 0 Å². The fourth-order valence-electron chi connectivity index (χ4n) is 0.235. The Balaban J connectivity index is 4.14. The van der Waals surface area contributed by atoms with Gasteiger partial charge in [-0.1, -0.05) is 0 Å². The Labute approximate surface area is 51.1 Å². The SMILES string of the molecule is COC=C(C=O)[N+](=O)[O-]. The minimum Gasteiger partial charge on any atom is -0.497 e. The number of ether oxygens (including phenoxy) is 1. The zero-order valence-electron chi connectivity index (χ0n) is 4.73. The quantitative estimate of drug-likeness (QED) is 0.177. The van der Waals surface area contributed by atoms with Gasteiger partial charge in [-0.25, -0.2) is 0 Å². The molecule has 0 spiro atoms. The molecule has 0 bridgehead atoms. The maximum absolute atomic E-state index is 9.75. The summed E-state index contributed by atoms with van der Waals surface area (Å²) in [6.45, 7) is 0. The lowest BCUT2D eigenvalue weighted by Crippen LogP contribution is -1.99.